The molecule has 0 atom stereocenters. The van der Waals surface area contributed by atoms with E-state index < -0.39 is 22.0 Å². The molecule has 1 aromatic heterocycles. The van der Waals surface area contributed by atoms with Crippen molar-refractivity contribution in [3.8, 4) is 0 Å². The van der Waals surface area contributed by atoms with Gasteiger partial charge in [-0.3, -0.25) is 14.5 Å². The number of carbonyl (C=O) groups excluding carboxylic acids is 2. The van der Waals surface area contributed by atoms with Gasteiger partial charge in [-0.15, -0.1) is 0 Å². The van der Waals surface area contributed by atoms with Crippen molar-refractivity contribution in [3.63, 3.8) is 0 Å². The minimum Gasteiger partial charge on any atom is -0.379 e. The first kappa shape index (κ1) is 27.5. The summed E-state index contributed by atoms with van der Waals surface area (Å²) in [6.45, 7) is 4.41. The van der Waals surface area contributed by atoms with Gasteiger partial charge < -0.3 is 15.4 Å². The van der Waals surface area contributed by atoms with Gasteiger partial charge in [0.15, 0.2) is 0 Å². The highest BCUT2D eigenvalue weighted by Gasteiger charge is 2.22. The monoisotopic (exact) mass is 539 g/mol. The largest absolute Gasteiger partial charge is 0.379 e. The van der Waals surface area contributed by atoms with Crippen molar-refractivity contribution < 1.29 is 22.7 Å². The number of nitrogens with one attached hydrogen (secondary N) is 2. The molecule has 202 valence electrons. The van der Waals surface area contributed by atoms with Gasteiger partial charge in [-0.25, -0.2) is 3.97 Å². The lowest BCUT2D eigenvalue weighted by atomic mass is 10.1. The number of fused-ring (bicyclic) bond motifs is 1. The molecule has 11 heteroatoms. The summed E-state index contributed by atoms with van der Waals surface area (Å²) in [5.41, 5.74) is 1.37. The number of carbonyl (C=O) groups is 2. The number of nitrogens with zero attached hydrogens (tertiary/aromatic N) is 3. The van der Waals surface area contributed by atoms with E-state index in [1.165, 1.54) is 30.3 Å². The van der Waals surface area contributed by atoms with Crippen LogP contribution in [0.2, 0.25) is 0 Å². The molecule has 0 saturated carbocycles. The molecule has 2 N–H and O–H groups in total. The summed E-state index contributed by atoms with van der Waals surface area (Å²) in [6.07, 6.45) is 3.72. The molecule has 0 aliphatic carbocycles. The van der Waals surface area contributed by atoms with Crippen molar-refractivity contribution in [1.29, 1.82) is 0 Å². The molecule has 1 aliphatic rings. The maximum Gasteiger partial charge on any atom is 0.307 e. The Hall–Kier alpha value is -3.51. The maximum atomic E-state index is 13.3. The third-order valence-corrected chi connectivity index (χ3v) is 8.01. The van der Waals surface area contributed by atoms with Gasteiger partial charge in [0.2, 0.25) is 0 Å². The zero-order valence-corrected chi connectivity index (χ0v) is 22.4. The summed E-state index contributed by atoms with van der Waals surface area (Å²) in [6, 6.07) is 15.6. The lowest BCUT2D eigenvalue weighted by molar-refractivity contribution is -0.117. The first-order chi connectivity index (χ1) is 18.3. The average Bonchev–Trinajstić information content (AvgIpc) is 3.30. The standard InChI is InChI=1S/C27H33N5O5S/c1-30(2)38(35,36)32-20-22(23-11-6-7-12-25(23)32)19-24(29-26(33)21-9-4-3-5-10-21)27(34)28-13-8-14-31-15-17-37-18-16-31/h3-7,9-12,19-20H,8,13-18H2,1-2H3,(H,28,34)(H,29,33)/b24-19-. The predicted molar refractivity (Wildman–Crippen MR) is 147 cm³/mol. The Balaban J connectivity index is 1.61. The zero-order chi connectivity index (χ0) is 27.1. The van der Waals surface area contributed by atoms with E-state index in [9.17, 15) is 18.0 Å². The lowest BCUT2D eigenvalue weighted by Gasteiger charge is -2.26. The average molecular weight is 540 g/mol. The summed E-state index contributed by atoms with van der Waals surface area (Å²) in [5.74, 6) is -0.895. The summed E-state index contributed by atoms with van der Waals surface area (Å²) in [4.78, 5) is 28.5. The zero-order valence-electron chi connectivity index (χ0n) is 21.6. The number of amides is 2. The molecule has 2 aromatic carbocycles. The molecule has 3 aromatic rings. The van der Waals surface area contributed by atoms with Gasteiger partial charge in [0.05, 0.1) is 18.7 Å². The molecular formula is C27H33N5O5S. The number of ether oxygens (including phenoxy) is 1. The van der Waals surface area contributed by atoms with Gasteiger partial charge in [-0.1, -0.05) is 36.4 Å². The second-order valence-corrected chi connectivity index (χ2v) is 11.1. The van der Waals surface area contributed by atoms with Gasteiger partial charge in [0.1, 0.15) is 5.70 Å². The molecule has 2 heterocycles. The number of benzene rings is 2. The molecule has 38 heavy (non-hydrogen) atoms. The second kappa shape index (κ2) is 12.4. The van der Waals surface area contributed by atoms with Crippen LogP contribution in [0.25, 0.3) is 17.0 Å². The van der Waals surface area contributed by atoms with Gasteiger partial charge in [0.25, 0.3) is 11.8 Å². The van der Waals surface area contributed by atoms with Crippen LogP contribution in [0.15, 0.2) is 66.5 Å². The van der Waals surface area contributed by atoms with Crippen LogP contribution in [-0.4, -0.2) is 86.9 Å². The molecule has 1 aliphatic heterocycles. The van der Waals surface area contributed by atoms with Crippen LogP contribution in [0.5, 0.6) is 0 Å². The smallest absolute Gasteiger partial charge is 0.307 e. The Morgan fingerprint density at radius 3 is 2.42 bits per heavy atom. The summed E-state index contributed by atoms with van der Waals surface area (Å²) in [5, 5.41) is 6.24. The van der Waals surface area contributed by atoms with Crippen LogP contribution in [0.1, 0.15) is 22.3 Å². The molecule has 10 nitrogen and oxygen atoms in total. The van der Waals surface area contributed by atoms with E-state index >= 15 is 0 Å². The molecule has 0 radical (unpaired) electrons. The number of para-hydroxylation sites is 1. The van der Waals surface area contributed by atoms with E-state index in [4.69, 9.17) is 4.74 Å². The fourth-order valence-electron chi connectivity index (χ4n) is 4.18. The molecule has 1 saturated heterocycles. The Morgan fingerprint density at radius 2 is 1.71 bits per heavy atom. The lowest BCUT2D eigenvalue weighted by Crippen LogP contribution is -2.39. The van der Waals surface area contributed by atoms with Crippen LogP contribution in [0.4, 0.5) is 0 Å². The first-order valence-electron chi connectivity index (χ1n) is 12.5. The summed E-state index contributed by atoms with van der Waals surface area (Å²) >= 11 is 0. The van der Waals surface area contributed by atoms with Crippen molar-refractivity contribution >= 4 is 39.0 Å². The fraction of sp³-hybridized carbons (Fsp3) is 0.333. The number of aromatic nitrogens is 1. The van der Waals surface area contributed by atoms with Crippen LogP contribution < -0.4 is 10.6 Å². The quantitative estimate of drug-likeness (QED) is 0.301. The van der Waals surface area contributed by atoms with E-state index in [-0.39, 0.29) is 5.70 Å². The van der Waals surface area contributed by atoms with Crippen molar-refractivity contribution in [3.05, 3.63) is 77.6 Å². The summed E-state index contributed by atoms with van der Waals surface area (Å²) < 4.78 is 33.6. The van der Waals surface area contributed by atoms with Crippen LogP contribution in [-0.2, 0) is 19.7 Å². The van der Waals surface area contributed by atoms with Crippen molar-refractivity contribution in [2.75, 3.05) is 53.5 Å². The number of hydrogen-bond donors (Lipinski definition) is 2. The molecule has 2 amide bonds. The molecule has 0 unspecified atom stereocenters. The molecular weight excluding hydrogens is 506 g/mol. The van der Waals surface area contributed by atoms with E-state index in [1.807, 2.05) is 0 Å². The number of hydrogen-bond acceptors (Lipinski definition) is 6. The SMILES string of the molecule is CN(C)S(=O)(=O)n1cc(/C=C(\NC(=O)c2ccccc2)C(=O)NCCCN2CCOCC2)c2ccccc21. The highest BCUT2D eigenvalue weighted by atomic mass is 32.2. The van der Waals surface area contributed by atoms with Crippen LogP contribution in [0, 0.1) is 0 Å². The topological polar surface area (TPSA) is 113 Å². The third kappa shape index (κ3) is 6.48. The Kier molecular flexibility index (Phi) is 8.95. The van der Waals surface area contributed by atoms with E-state index in [1.54, 1.807) is 54.6 Å². The molecule has 0 spiro atoms. The molecule has 1 fully saturated rings. The highest BCUT2D eigenvalue weighted by Crippen LogP contribution is 2.25. The van der Waals surface area contributed by atoms with E-state index in [0.717, 1.165) is 30.4 Å². The normalized spacial score (nSPS) is 15.1. The van der Waals surface area contributed by atoms with Gasteiger partial charge >= 0.3 is 10.2 Å². The fourth-order valence-corrected chi connectivity index (χ4v) is 5.19. The molecule has 4 rings (SSSR count). The highest BCUT2D eigenvalue weighted by molar-refractivity contribution is 7.87. The number of morpholine rings is 1. The van der Waals surface area contributed by atoms with Crippen LogP contribution in [0.3, 0.4) is 0 Å². The maximum absolute atomic E-state index is 13.3. The second-order valence-electron chi connectivity index (χ2n) is 9.13. The minimum absolute atomic E-state index is 0.0235. The summed E-state index contributed by atoms with van der Waals surface area (Å²) in [7, 11) is -0.906. The van der Waals surface area contributed by atoms with Crippen molar-refractivity contribution in [2.45, 2.75) is 6.42 Å². The number of rotatable bonds is 10. The predicted octanol–water partition coefficient (Wildman–Crippen LogP) is 1.91. The van der Waals surface area contributed by atoms with E-state index in [0.29, 0.717) is 41.8 Å². The Bertz CT molecular complexity index is 1410. The Labute approximate surface area is 223 Å². The molecule has 0 bridgehead atoms. The van der Waals surface area contributed by atoms with Crippen LogP contribution >= 0.6 is 0 Å². The first-order valence-corrected chi connectivity index (χ1v) is 13.9. The van der Waals surface area contributed by atoms with Crippen molar-refractivity contribution in [1.82, 2.24) is 23.8 Å². The minimum atomic E-state index is -3.81. The van der Waals surface area contributed by atoms with Gasteiger partial charge in [-0.05, 0) is 37.2 Å². The van der Waals surface area contributed by atoms with Gasteiger partial charge in [0, 0.05) is 56.4 Å². The Morgan fingerprint density at radius 1 is 1.03 bits per heavy atom. The van der Waals surface area contributed by atoms with Gasteiger partial charge in [-0.2, -0.15) is 12.7 Å². The van der Waals surface area contributed by atoms with E-state index in [2.05, 4.69) is 15.5 Å². The van der Waals surface area contributed by atoms with Crippen molar-refractivity contribution in [2.24, 2.45) is 0 Å². The third-order valence-electron chi connectivity index (χ3n) is 6.29.